The molecule has 7 heteroatoms. The molecule has 0 bridgehead atoms. The zero-order chi connectivity index (χ0) is 14.6. The van der Waals surface area contributed by atoms with Crippen molar-refractivity contribution in [2.45, 2.75) is 18.6 Å². The molecule has 1 aromatic rings. The molecule has 2 unspecified atom stereocenters. The summed E-state index contributed by atoms with van der Waals surface area (Å²) in [5.74, 6) is -1.93. The highest BCUT2D eigenvalue weighted by Gasteiger charge is 2.23. The molecule has 0 radical (unpaired) electrons. The third-order valence-corrected chi connectivity index (χ3v) is 2.82. The minimum absolute atomic E-state index is 0.0308. The molecule has 0 saturated carbocycles. The van der Waals surface area contributed by atoms with Crippen LogP contribution in [0.15, 0.2) is 18.2 Å². The summed E-state index contributed by atoms with van der Waals surface area (Å²) in [6, 6.07) is 4.01. The van der Waals surface area contributed by atoms with Gasteiger partial charge >= 0.3 is 11.9 Å². The van der Waals surface area contributed by atoms with E-state index in [0.29, 0.717) is 0 Å². The van der Waals surface area contributed by atoms with E-state index in [-0.39, 0.29) is 16.1 Å². The van der Waals surface area contributed by atoms with Gasteiger partial charge in [-0.1, -0.05) is 17.7 Å². The number of benzene rings is 1. The van der Waals surface area contributed by atoms with Crippen molar-refractivity contribution in [1.29, 1.82) is 0 Å². The number of hydrogen-bond donors (Lipinski definition) is 3. The second-order valence-electron chi connectivity index (χ2n) is 3.84. The molecule has 0 heterocycles. The largest absolute Gasteiger partial charge is 0.481 e. The van der Waals surface area contributed by atoms with Gasteiger partial charge in [-0.05, 0) is 17.7 Å². The fourth-order valence-corrected chi connectivity index (χ4v) is 1.70. The van der Waals surface area contributed by atoms with Crippen molar-refractivity contribution in [2.24, 2.45) is 0 Å². The van der Waals surface area contributed by atoms with Crippen LogP contribution < -0.4 is 0 Å². The molecule has 19 heavy (non-hydrogen) atoms. The smallest absolute Gasteiger partial charge is 0.339 e. The van der Waals surface area contributed by atoms with Gasteiger partial charge in [0.2, 0.25) is 0 Å². The average Bonchev–Trinajstić information content (AvgIpc) is 2.36. The molecular weight excluding hydrogens is 276 g/mol. The monoisotopic (exact) mass is 288 g/mol. The number of carboxylic acid groups (broad SMARTS) is 1. The van der Waals surface area contributed by atoms with E-state index in [1.54, 1.807) is 0 Å². The summed E-state index contributed by atoms with van der Waals surface area (Å²) in [6.07, 6.45) is -3.53. The maximum Gasteiger partial charge on any atom is 0.339 e. The van der Waals surface area contributed by atoms with Crippen LogP contribution in [0.3, 0.4) is 0 Å². The maximum absolute atomic E-state index is 11.4. The van der Waals surface area contributed by atoms with Crippen molar-refractivity contribution in [3.05, 3.63) is 34.3 Å². The van der Waals surface area contributed by atoms with Gasteiger partial charge in [-0.25, -0.2) is 4.79 Å². The molecule has 0 aliphatic heterocycles. The van der Waals surface area contributed by atoms with Crippen LogP contribution in [-0.2, 0) is 9.53 Å². The first-order valence-electron chi connectivity index (χ1n) is 5.32. The van der Waals surface area contributed by atoms with Gasteiger partial charge in [0.15, 0.2) is 0 Å². The van der Waals surface area contributed by atoms with Crippen LogP contribution in [0.4, 0.5) is 0 Å². The number of carbonyl (C=O) groups excluding carboxylic acids is 1. The lowest BCUT2D eigenvalue weighted by Gasteiger charge is -2.17. The first-order chi connectivity index (χ1) is 8.86. The minimum Gasteiger partial charge on any atom is -0.481 e. The predicted molar refractivity (Wildman–Crippen MR) is 66.0 cm³/mol. The van der Waals surface area contributed by atoms with E-state index in [0.717, 1.165) is 0 Å². The minimum atomic E-state index is -1.48. The van der Waals surface area contributed by atoms with E-state index in [1.165, 1.54) is 25.3 Å². The number of hydrogen-bond acceptors (Lipinski definition) is 5. The SMILES string of the molecule is COC(=O)c1cc(C(O)C(O)CC(=O)O)ccc1Cl. The number of halogens is 1. The molecule has 0 aromatic heterocycles. The molecule has 1 aromatic carbocycles. The van der Waals surface area contributed by atoms with Crippen LogP contribution in [-0.4, -0.2) is 40.5 Å². The van der Waals surface area contributed by atoms with Gasteiger partial charge in [-0.2, -0.15) is 0 Å². The van der Waals surface area contributed by atoms with Gasteiger partial charge in [-0.15, -0.1) is 0 Å². The number of ether oxygens (including phenoxy) is 1. The number of esters is 1. The Bertz CT molecular complexity index is 487. The fraction of sp³-hybridized carbons (Fsp3) is 0.333. The standard InChI is InChI=1S/C12H13ClO6/c1-19-12(18)7-4-6(2-3-8(7)13)11(17)9(14)5-10(15)16/h2-4,9,11,14,17H,5H2,1H3,(H,15,16). The van der Waals surface area contributed by atoms with E-state index in [9.17, 15) is 19.8 Å². The molecule has 6 nitrogen and oxygen atoms in total. The highest BCUT2D eigenvalue weighted by Crippen LogP contribution is 2.25. The Morgan fingerprint density at radius 1 is 1.37 bits per heavy atom. The molecule has 3 N–H and O–H groups in total. The van der Waals surface area contributed by atoms with Crippen LogP contribution in [0.2, 0.25) is 5.02 Å². The van der Waals surface area contributed by atoms with Crippen LogP contribution in [0.1, 0.15) is 28.4 Å². The number of aliphatic carboxylic acids is 1. The molecule has 0 fully saturated rings. The van der Waals surface area contributed by atoms with E-state index in [2.05, 4.69) is 4.74 Å². The lowest BCUT2D eigenvalue weighted by Crippen LogP contribution is -2.22. The van der Waals surface area contributed by atoms with Crippen LogP contribution in [0, 0.1) is 0 Å². The zero-order valence-corrected chi connectivity index (χ0v) is 10.8. The first-order valence-corrected chi connectivity index (χ1v) is 5.70. The summed E-state index contributed by atoms with van der Waals surface area (Å²) in [7, 11) is 1.18. The topological polar surface area (TPSA) is 104 Å². The second-order valence-corrected chi connectivity index (χ2v) is 4.25. The van der Waals surface area contributed by atoms with Gasteiger partial charge in [0.05, 0.1) is 30.2 Å². The summed E-state index contributed by atoms with van der Waals surface area (Å²) >= 11 is 5.80. The van der Waals surface area contributed by atoms with Gasteiger partial charge in [-0.3, -0.25) is 4.79 Å². The van der Waals surface area contributed by atoms with E-state index < -0.39 is 30.6 Å². The zero-order valence-electron chi connectivity index (χ0n) is 10.0. The Balaban J connectivity index is 3.01. The van der Waals surface area contributed by atoms with Gasteiger partial charge in [0.25, 0.3) is 0 Å². The van der Waals surface area contributed by atoms with Gasteiger partial charge < -0.3 is 20.1 Å². The molecule has 0 aliphatic rings. The van der Waals surface area contributed by atoms with Crippen molar-refractivity contribution in [1.82, 2.24) is 0 Å². The Labute approximate surface area is 114 Å². The Morgan fingerprint density at radius 3 is 2.53 bits per heavy atom. The number of carboxylic acids is 1. The third kappa shape index (κ3) is 3.92. The third-order valence-electron chi connectivity index (χ3n) is 2.49. The van der Waals surface area contributed by atoms with Crippen molar-refractivity contribution in [3.8, 4) is 0 Å². The summed E-state index contributed by atoms with van der Waals surface area (Å²) in [6.45, 7) is 0. The lowest BCUT2D eigenvalue weighted by atomic mass is 10.00. The van der Waals surface area contributed by atoms with Crippen LogP contribution >= 0.6 is 11.6 Å². The molecule has 0 aliphatic carbocycles. The van der Waals surface area contributed by atoms with Crippen molar-refractivity contribution < 1.29 is 29.6 Å². The van der Waals surface area contributed by atoms with E-state index in [1.807, 2.05) is 0 Å². The van der Waals surface area contributed by atoms with E-state index >= 15 is 0 Å². The molecule has 0 spiro atoms. The quantitative estimate of drug-likeness (QED) is 0.698. The molecule has 1 rings (SSSR count). The van der Waals surface area contributed by atoms with Crippen molar-refractivity contribution >= 4 is 23.5 Å². The Morgan fingerprint density at radius 2 is 2.00 bits per heavy atom. The number of aliphatic hydroxyl groups is 2. The van der Waals surface area contributed by atoms with Gasteiger partial charge in [0.1, 0.15) is 6.10 Å². The van der Waals surface area contributed by atoms with Crippen molar-refractivity contribution in [3.63, 3.8) is 0 Å². The predicted octanol–water partition coefficient (Wildman–Crippen LogP) is 0.996. The number of carbonyl (C=O) groups is 2. The lowest BCUT2D eigenvalue weighted by molar-refractivity contribution is -0.141. The summed E-state index contributed by atoms with van der Waals surface area (Å²) in [5, 5.41) is 28.0. The van der Waals surface area contributed by atoms with Crippen LogP contribution in [0.25, 0.3) is 0 Å². The molecule has 104 valence electrons. The van der Waals surface area contributed by atoms with E-state index in [4.69, 9.17) is 16.7 Å². The molecular formula is C12H13ClO6. The highest BCUT2D eigenvalue weighted by molar-refractivity contribution is 6.33. The fourth-order valence-electron chi connectivity index (χ4n) is 1.51. The molecule has 0 saturated heterocycles. The summed E-state index contributed by atoms with van der Waals surface area (Å²) in [4.78, 5) is 21.9. The number of aliphatic hydroxyl groups excluding tert-OH is 2. The summed E-state index contributed by atoms with van der Waals surface area (Å²) < 4.78 is 4.52. The normalized spacial score (nSPS) is 13.7. The molecule has 2 atom stereocenters. The average molecular weight is 289 g/mol. The molecule has 0 amide bonds. The van der Waals surface area contributed by atoms with Crippen molar-refractivity contribution in [2.75, 3.05) is 7.11 Å². The second kappa shape index (κ2) is 6.51. The van der Waals surface area contributed by atoms with Crippen LogP contribution in [0.5, 0.6) is 0 Å². The van der Waals surface area contributed by atoms with Gasteiger partial charge in [0, 0.05) is 0 Å². The number of methoxy groups -OCH3 is 1. The number of rotatable bonds is 5. The summed E-state index contributed by atoms with van der Waals surface area (Å²) in [5.41, 5.74) is 0.210. The Kier molecular flexibility index (Phi) is 5.29. The highest BCUT2D eigenvalue weighted by atomic mass is 35.5. The Hall–Kier alpha value is -1.63. The first kappa shape index (κ1) is 15.4. The maximum atomic E-state index is 11.4.